The summed E-state index contributed by atoms with van der Waals surface area (Å²) in [5.41, 5.74) is 0. The highest BCUT2D eigenvalue weighted by Crippen LogP contribution is 2.12. The molecule has 0 amide bonds. The third kappa shape index (κ3) is 3.50. The minimum atomic E-state index is -3.25. The number of carbonyl (C=O) groups excluding carboxylic acids is 1. The van der Waals surface area contributed by atoms with Crippen LogP contribution in [0.1, 0.15) is 13.8 Å². The summed E-state index contributed by atoms with van der Waals surface area (Å²) in [6, 6.07) is 0. The van der Waals surface area contributed by atoms with Crippen LogP contribution in [0.2, 0.25) is 0 Å². The van der Waals surface area contributed by atoms with E-state index in [2.05, 4.69) is 4.74 Å². The van der Waals surface area contributed by atoms with E-state index >= 15 is 0 Å². The van der Waals surface area contributed by atoms with Gasteiger partial charge in [0, 0.05) is 13.5 Å². The second kappa shape index (κ2) is 3.61. The number of Topliss-reactive ketones (excluding diaryl/α,β-unsaturated/α-hetero) is 1. The maximum absolute atomic E-state index is 12.0. The smallest absolute Gasteiger partial charge is 0.304 e. The third-order valence-corrected chi connectivity index (χ3v) is 0.927. The molecule has 0 aliphatic heterocycles. The summed E-state index contributed by atoms with van der Waals surface area (Å²) in [6.07, 6.45) is 0. The molecule has 0 heterocycles. The van der Waals surface area contributed by atoms with Gasteiger partial charge < -0.3 is 4.74 Å². The van der Waals surface area contributed by atoms with Crippen molar-refractivity contribution < 1.29 is 18.3 Å². The summed E-state index contributed by atoms with van der Waals surface area (Å²) >= 11 is 0. The van der Waals surface area contributed by atoms with Crippen molar-refractivity contribution in [1.82, 2.24) is 0 Å². The first-order chi connectivity index (χ1) is 4.48. The maximum Gasteiger partial charge on any atom is 0.304 e. The molecule has 60 valence electrons. The normalized spacial score (nSPS) is 11.6. The van der Waals surface area contributed by atoms with Crippen LogP contribution in [0.15, 0.2) is 0 Å². The van der Waals surface area contributed by atoms with E-state index in [-0.39, 0.29) is 6.61 Å². The first-order valence-electron chi connectivity index (χ1n) is 2.97. The van der Waals surface area contributed by atoms with E-state index in [1.54, 1.807) is 6.92 Å². The van der Waals surface area contributed by atoms with Gasteiger partial charge in [-0.3, -0.25) is 4.79 Å². The van der Waals surface area contributed by atoms with Gasteiger partial charge in [0.1, 0.15) is 6.61 Å². The first kappa shape index (κ1) is 9.49. The van der Waals surface area contributed by atoms with Gasteiger partial charge in [-0.05, 0) is 6.92 Å². The van der Waals surface area contributed by atoms with E-state index in [4.69, 9.17) is 0 Å². The fourth-order valence-corrected chi connectivity index (χ4v) is 0.321. The van der Waals surface area contributed by atoms with Crippen molar-refractivity contribution in [3.63, 3.8) is 0 Å². The average Bonchev–Trinajstić information content (AvgIpc) is 1.80. The molecule has 0 aromatic carbocycles. The van der Waals surface area contributed by atoms with E-state index in [1.165, 1.54) is 0 Å². The molecular weight excluding hydrogens is 142 g/mol. The number of hydrogen-bond donors (Lipinski definition) is 0. The predicted octanol–water partition coefficient (Wildman–Crippen LogP) is 1.25. The molecular formula is C6H10F2O2. The maximum atomic E-state index is 12.0. The van der Waals surface area contributed by atoms with Crippen molar-refractivity contribution in [2.45, 2.75) is 19.8 Å². The van der Waals surface area contributed by atoms with E-state index < -0.39 is 18.3 Å². The van der Waals surface area contributed by atoms with Crippen molar-refractivity contribution in [2.75, 3.05) is 13.2 Å². The SMILES string of the molecule is CCOCC(=O)C(C)(F)F. The van der Waals surface area contributed by atoms with Gasteiger partial charge in [-0.25, -0.2) is 0 Å². The Hall–Kier alpha value is -0.510. The summed E-state index contributed by atoms with van der Waals surface area (Å²) in [5, 5.41) is 0. The largest absolute Gasteiger partial charge is 0.374 e. The number of alkyl halides is 2. The second-order valence-corrected chi connectivity index (χ2v) is 1.95. The highest BCUT2D eigenvalue weighted by molar-refractivity contribution is 5.86. The van der Waals surface area contributed by atoms with Crippen LogP contribution < -0.4 is 0 Å². The number of ketones is 1. The van der Waals surface area contributed by atoms with Gasteiger partial charge in [0.15, 0.2) is 0 Å². The van der Waals surface area contributed by atoms with Crippen molar-refractivity contribution in [2.24, 2.45) is 0 Å². The minimum absolute atomic E-state index is 0.280. The van der Waals surface area contributed by atoms with Gasteiger partial charge in [0.2, 0.25) is 5.78 Å². The van der Waals surface area contributed by atoms with E-state index in [1.807, 2.05) is 0 Å². The van der Waals surface area contributed by atoms with Crippen molar-refractivity contribution >= 4 is 5.78 Å². The lowest BCUT2D eigenvalue weighted by molar-refractivity contribution is -0.145. The zero-order chi connectivity index (χ0) is 8.20. The molecule has 0 atom stereocenters. The van der Waals surface area contributed by atoms with E-state index in [0.29, 0.717) is 6.92 Å². The lowest BCUT2D eigenvalue weighted by Gasteiger charge is -2.07. The summed E-state index contributed by atoms with van der Waals surface area (Å²) < 4.78 is 28.5. The van der Waals surface area contributed by atoms with Crippen molar-refractivity contribution in [1.29, 1.82) is 0 Å². The number of carbonyl (C=O) groups is 1. The molecule has 0 aliphatic carbocycles. The Morgan fingerprint density at radius 2 is 2.10 bits per heavy atom. The first-order valence-corrected chi connectivity index (χ1v) is 2.97. The molecule has 0 aromatic rings. The molecule has 10 heavy (non-hydrogen) atoms. The Morgan fingerprint density at radius 3 is 2.40 bits per heavy atom. The Morgan fingerprint density at radius 1 is 1.60 bits per heavy atom. The van der Waals surface area contributed by atoms with Crippen LogP contribution in [-0.4, -0.2) is 24.9 Å². The van der Waals surface area contributed by atoms with Crippen LogP contribution in [-0.2, 0) is 9.53 Å². The molecule has 0 spiro atoms. The molecule has 2 nitrogen and oxygen atoms in total. The zero-order valence-corrected chi connectivity index (χ0v) is 5.99. The summed E-state index contributed by atoms with van der Waals surface area (Å²) in [4.78, 5) is 10.3. The quantitative estimate of drug-likeness (QED) is 0.606. The van der Waals surface area contributed by atoms with Crippen LogP contribution in [0.3, 0.4) is 0 Å². The van der Waals surface area contributed by atoms with Crippen molar-refractivity contribution in [3.05, 3.63) is 0 Å². The Bertz CT molecular complexity index is 117. The van der Waals surface area contributed by atoms with Crippen LogP contribution in [0.25, 0.3) is 0 Å². The van der Waals surface area contributed by atoms with E-state index in [9.17, 15) is 13.6 Å². The Labute approximate surface area is 58.2 Å². The standard InChI is InChI=1S/C6H10F2O2/c1-3-10-4-5(9)6(2,7)8/h3-4H2,1-2H3. The number of halogens is 2. The molecule has 4 heteroatoms. The summed E-state index contributed by atoms with van der Waals surface area (Å²) in [7, 11) is 0. The zero-order valence-electron chi connectivity index (χ0n) is 5.99. The number of hydrogen-bond acceptors (Lipinski definition) is 2. The van der Waals surface area contributed by atoms with Crippen LogP contribution in [0.4, 0.5) is 8.78 Å². The molecule has 0 unspecified atom stereocenters. The van der Waals surface area contributed by atoms with Gasteiger partial charge in [-0.15, -0.1) is 0 Å². The molecule has 0 aromatic heterocycles. The molecule has 0 saturated heterocycles. The average molecular weight is 152 g/mol. The fraction of sp³-hybridized carbons (Fsp3) is 0.833. The monoisotopic (exact) mass is 152 g/mol. The fourth-order valence-electron chi connectivity index (χ4n) is 0.321. The lowest BCUT2D eigenvalue weighted by Crippen LogP contribution is -2.28. The van der Waals surface area contributed by atoms with Gasteiger partial charge in [-0.2, -0.15) is 8.78 Å². The van der Waals surface area contributed by atoms with Crippen LogP contribution in [0.5, 0.6) is 0 Å². The second-order valence-electron chi connectivity index (χ2n) is 1.95. The predicted molar refractivity (Wildman–Crippen MR) is 32.1 cm³/mol. The van der Waals surface area contributed by atoms with Gasteiger partial charge in [0.05, 0.1) is 0 Å². The molecule has 0 N–H and O–H groups in total. The molecule has 0 radical (unpaired) electrons. The number of ether oxygens (including phenoxy) is 1. The van der Waals surface area contributed by atoms with Crippen molar-refractivity contribution in [3.8, 4) is 0 Å². The topological polar surface area (TPSA) is 26.3 Å². The molecule has 0 bridgehead atoms. The molecule has 0 fully saturated rings. The lowest BCUT2D eigenvalue weighted by atomic mass is 10.2. The molecule has 0 saturated carbocycles. The van der Waals surface area contributed by atoms with Crippen LogP contribution in [0, 0.1) is 0 Å². The summed E-state index contributed by atoms with van der Waals surface area (Å²) in [5.74, 6) is -4.43. The van der Waals surface area contributed by atoms with Gasteiger partial charge in [0.25, 0.3) is 0 Å². The van der Waals surface area contributed by atoms with Crippen LogP contribution >= 0.6 is 0 Å². The highest BCUT2D eigenvalue weighted by atomic mass is 19.3. The van der Waals surface area contributed by atoms with Gasteiger partial charge >= 0.3 is 5.92 Å². The minimum Gasteiger partial charge on any atom is -0.374 e. The summed E-state index contributed by atoms with van der Waals surface area (Å²) in [6.45, 7) is 1.98. The highest BCUT2D eigenvalue weighted by Gasteiger charge is 2.31. The van der Waals surface area contributed by atoms with E-state index in [0.717, 1.165) is 0 Å². The van der Waals surface area contributed by atoms with Gasteiger partial charge in [-0.1, -0.05) is 0 Å². The number of rotatable bonds is 4. The third-order valence-electron chi connectivity index (χ3n) is 0.927. The molecule has 0 aliphatic rings. The molecule has 0 rings (SSSR count). The Balaban J connectivity index is 3.64. The Kier molecular flexibility index (Phi) is 3.42.